The highest BCUT2D eigenvalue weighted by molar-refractivity contribution is 5.95. The summed E-state index contributed by atoms with van der Waals surface area (Å²) in [4.78, 5) is 35.5. The second-order valence-corrected chi connectivity index (χ2v) is 7.89. The molecule has 0 saturated carbocycles. The number of hydrogen-bond donors (Lipinski definition) is 4. The van der Waals surface area contributed by atoms with Gasteiger partial charge in [-0.2, -0.15) is 13.2 Å². The summed E-state index contributed by atoms with van der Waals surface area (Å²) >= 11 is 0. The van der Waals surface area contributed by atoms with E-state index in [0.29, 0.717) is 23.6 Å². The zero-order chi connectivity index (χ0) is 24.7. The second-order valence-electron chi connectivity index (χ2n) is 7.89. The Labute approximate surface area is 192 Å². The number of carboxylic acids is 1. The van der Waals surface area contributed by atoms with E-state index in [1.807, 2.05) is 30.3 Å². The molecule has 1 amide bonds. The number of aromatic nitrogens is 1. The minimum absolute atomic E-state index is 0.0691. The van der Waals surface area contributed by atoms with E-state index in [1.54, 1.807) is 6.07 Å². The van der Waals surface area contributed by atoms with Crippen molar-refractivity contribution >= 4 is 23.0 Å². The Balaban J connectivity index is 0.000000406. The maximum atomic E-state index is 12.7. The molecule has 8 nitrogen and oxygen atoms in total. The predicted octanol–water partition coefficient (Wildman–Crippen LogP) is 3.23. The van der Waals surface area contributed by atoms with Crippen molar-refractivity contribution in [3.05, 3.63) is 69.7 Å². The lowest BCUT2D eigenvalue weighted by Gasteiger charge is -2.23. The van der Waals surface area contributed by atoms with Gasteiger partial charge < -0.3 is 20.2 Å². The van der Waals surface area contributed by atoms with Crippen LogP contribution in [0.2, 0.25) is 0 Å². The van der Waals surface area contributed by atoms with Gasteiger partial charge in [0.15, 0.2) is 5.58 Å². The first-order chi connectivity index (χ1) is 16.1. The fourth-order valence-corrected chi connectivity index (χ4v) is 3.70. The van der Waals surface area contributed by atoms with E-state index in [-0.39, 0.29) is 5.91 Å². The maximum absolute atomic E-state index is 12.7. The summed E-state index contributed by atoms with van der Waals surface area (Å²) in [5, 5.41) is 13.5. The molecule has 182 valence electrons. The predicted molar refractivity (Wildman–Crippen MR) is 117 cm³/mol. The third-order valence-corrected chi connectivity index (χ3v) is 5.41. The fourth-order valence-electron chi connectivity index (χ4n) is 3.70. The van der Waals surface area contributed by atoms with Gasteiger partial charge in [0.05, 0.1) is 5.52 Å². The molecule has 2 heterocycles. The standard InChI is InChI=1S/C21H23N3O3.C2HF3O2/c25-20(23-13-15-5-6-19-18(12-15)24-21(26)27-19)17-4-2-1-3-16(17)11-14-7-9-22-10-8-14;3-2(4,5)1(6)7/h1-6,12,14,22H,7-11,13H2,(H,23,25)(H,24,26);(H,6,7). The summed E-state index contributed by atoms with van der Waals surface area (Å²) in [5.41, 5.74) is 3.91. The first-order valence-corrected chi connectivity index (χ1v) is 10.6. The topological polar surface area (TPSA) is 124 Å². The number of fused-ring (bicyclic) bond motifs is 1. The van der Waals surface area contributed by atoms with E-state index < -0.39 is 17.9 Å². The molecule has 0 aliphatic carbocycles. The summed E-state index contributed by atoms with van der Waals surface area (Å²) in [6.07, 6.45) is -1.84. The van der Waals surface area contributed by atoms with Crippen LogP contribution in [0.5, 0.6) is 0 Å². The molecule has 4 rings (SSSR count). The highest BCUT2D eigenvalue weighted by Gasteiger charge is 2.38. The molecule has 0 unspecified atom stereocenters. The molecular formula is C23H24F3N3O5. The van der Waals surface area contributed by atoms with Crippen molar-refractivity contribution in [2.45, 2.75) is 32.0 Å². The monoisotopic (exact) mass is 479 g/mol. The number of carboxylic acid groups (broad SMARTS) is 1. The van der Waals surface area contributed by atoms with Gasteiger partial charge in [-0.05, 0) is 67.6 Å². The largest absolute Gasteiger partial charge is 0.490 e. The first-order valence-electron chi connectivity index (χ1n) is 10.6. The molecule has 1 saturated heterocycles. The van der Waals surface area contributed by atoms with Crippen LogP contribution in [-0.4, -0.2) is 41.2 Å². The second kappa shape index (κ2) is 11.0. The Kier molecular flexibility index (Phi) is 8.11. The van der Waals surface area contributed by atoms with Crippen LogP contribution in [0.25, 0.3) is 11.1 Å². The molecule has 0 radical (unpaired) electrons. The highest BCUT2D eigenvalue weighted by atomic mass is 19.4. The highest BCUT2D eigenvalue weighted by Crippen LogP contribution is 2.21. The molecule has 1 aliphatic heterocycles. The Morgan fingerprint density at radius 1 is 1.12 bits per heavy atom. The van der Waals surface area contributed by atoms with Crippen LogP contribution < -0.4 is 16.4 Å². The number of hydrogen-bond acceptors (Lipinski definition) is 5. The van der Waals surface area contributed by atoms with Gasteiger partial charge >= 0.3 is 17.9 Å². The number of carbonyl (C=O) groups excluding carboxylic acids is 1. The van der Waals surface area contributed by atoms with E-state index in [2.05, 4.69) is 21.7 Å². The van der Waals surface area contributed by atoms with Crippen molar-refractivity contribution in [2.24, 2.45) is 5.92 Å². The number of aliphatic carboxylic acids is 1. The summed E-state index contributed by atoms with van der Waals surface area (Å²) in [6.45, 7) is 2.50. The first kappa shape index (κ1) is 25.0. The number of alkyl halides is 3. The fraction of sp³-hybridized carbons (Fsp3) is 0.348. The van der Waals surface area contributed by atoms with Gasteiger partial charge in [0.2, 0.25) is 0 Å². The number of nitrogens with one attached hydrogen (secondary N) is 3. The van der Waals surface area contributed by atoms with Gasteiger partial charge in [0.25, 0.3) is 5.91 Å². The van der Waals surface area contributed by atoms with Crippen LogP contribution in [-0.2, 0) is 17.8 Å². The average molecular weight is 479 g/mol. The number of oxazole rings is 1. The Bertz CT molecular complexity index is 1200. The van der Waals surface area contributed by atoms with Crippen LogP contribution in [0.3, 0.4) is 0 Å². The van der Waals surface area contributed by atoms with Crippen LogP contribution in [0.1, 0.15) is 34.3 Å². The van der Waals surface area contributed by atoms with Crippen LogP contribution >= 0.6 is 0 Å². The Hall–Kier alpha value is -3.60. The number of piperidine rings is 1. The van der Waals surface area contributed by atoms with E-state index in [4.69, 9.17) is 14.3 Å². The number of H-pyrrole nitrogens is 1. The van der Waals surface area contributed by atoms with E-state index in [0.717, 1.165) is 49.0 Å². The van der Waals surface area contributed by atoms with E-state index >= 15 is 0 Å². The van der Waals surface area contributed by atoms with Crippen molar-refractivity contribution in [2.75, 3.05) is 13.1 Å². The maximum Gasteiger partial charge on any atom is 0.490 e. The molecule has 0 atom stereocenters. The van der Waals surface area contributed by atoms with E-state index in [9.17, 15) is 22.8 Å². The molecule has 1 aromatic heterocycles. The number of benzene rings is 2. The van der Waals surface area contributed by atoms with Gasteiger partial charge in [-0.3, -0.25) is 9.78 Å². The summed E-state index contributed by atoms with van der Waals surface area (Å²) in [5.74, 6) is -2.67. The van der Waals surface area contributed by atoms with Gasteiger partial charge in [-0.1, -0.05) is 24.3 Å². The molecule has 34 heavy (non-hydrogen) atoms. The number of halogens is 3. The van der Waals surface area contributed by atoms with E-state index in [1.165, 1.54) is 0 Å². The smallest absolute Gasteiger partial charge is 0.475 e. The van der Waals surface area contributed by atoms with Crippen molar-refractivity contribution in [1.29, 1.82) is 0 Å². The molecular weight excluding hydrogens is 455 g/mol. The zero-order valence-electron chi connectivity index (χ0n) is 18.1. The van der Waals surface area contributed by atoms with Crippen LogP contribution in [0.15, 0.2) is 51.7 Å². The average Bonchev–Trinajstić information content (AvgIpc) is 3.17. The Morgan fingerprint density at radius 3 is 2.47 bits per heavy atom. The van der Waals surface area contributed by atoms with Crippen molar-refractivity contribution in [3.63, 3.8) is 0 Å². The lowest BCUT2D eigenvalue weighted by molar-refractivity contribution is -0.192. The molecule has 4 N–H and O–H groups in total. The molecule has 2 aromatic carbocycles. The lowest BCUT2D eigenvalue weighted by Crippen LogP contribution is -2.29. The normalized spacial score (nSPS) is 14.3. The van der Waals surface area contributed by atoms with Crippen molar-refractivity contribution in [1.82, 2.24) is 15.6 Å². The Morgan fingerprint density at radius 2 is 1.79 bits per heavy atom. The number of amides is 1. The molecule has 11 heteroatoms. The number of carbonyl (C=O) groups is 2. The number of rotatable bonds is 5. The quantitative estimate of drug-likeness (QED) is 0.446. The third-order valence-electron chi connectivity index (χ3n) is 5.41. The lowest BCUT2D eigenvalue weighted by atomic mass is 9.89. The number of aromatic amines is 1. The minimum Gasteiger partial charge on any atom is -0.475 e. The molecule has 0 spiro atoms. The third kappa shape index (κ3) is 6.95. The van der Waals surface area contributed by atoms with Crippen molar-refractivity contribution in [3.8, 4) is 0 Å². The minimum atomic E-state index is -5.08. The summed E-state index contributed by atoms with van der Waals surface area (Å²) < 4.78 is 36.7. The summed E-state index contributed by atoms with van der Waals surface area (Å²) in [6, 6.07) is 13.3. The van der Waals surface area contributed by atoms with Gasteiger partial charge in [-0.25, -0.2) is 9.59 Å². The van der Waals surface area contributed by atoms with Crippen LogP contribution in [0, 0.1) is 5.92 Å². The molecule has 0 bridgehead atoms. The van der Waals surface area contributed by atoms with Gasteiger partial charge in [0.1, 0.15) is 0 Å². The van der Waals surface area contributed by atoms with Gasteiger partial charge in [-0.15, -0.1) is 0 Å². The SMILES string of the molecule is O=C(NCc1ccc2oc(=O)[nH]c2c1)c1ccccc1CC1CCNCC1.O=C(O)C(F)(F)F. The zero-order valence-corrected chi connectivity index (χ0v) is 18.1. The summed E-state index contributed by atoms with van der Waals surface area (Å²) in [7, 11) is 0. The van der Waals surface area contributed by atoms with Gasteiger partial charge in [0, 0.05) is 12.1 Å². The molecule has 1 fully saturated rings. The van der Waals surface area contributed by atoms with Crippen molar-refractivity contribution < 1.29 is 32.3 Å². The molecule has 3 aromatic rings. The molecule has 1 aliphatic rings. The van der Waals surface area contributed by atoms with Crippen LogP contribution in [0.4, 0.5) is 13.2 Å².